The largest absolute Gasteiger partial charge is 0.455 e. The lowest BCUT2D eigenvalue weighted by Crippen LogP contribution is -2.43. The maximum Gasteiger partial charge on any atom is 0.410 e. The van der Waals surface area contributed by atoms with E-state index in [4.69, 9.17) is 32.7 Å². The summed E-state index contributed by atoms with van der Waals surface area (Å²) in [4.78, 5) is 39.7. The molecule has 2 rings (SSSR count). The minimum atomic E-state index is -0.559. The standard InChI is InChI=1S/C21H28Cl2N2O5/c1-21(2,3)30-20(28)25-9-7-15(8-10-25)19(27)29-13-18(26)24(4)12-14-5-6-16(22)17(23)11-14/h5-6,11,15H,7-10,12-13H2,1-4H3. The number of ether oxygens (including phenoxy) is 2. The Morgan fingerprint density at radius 3 is 2.33 bits per heavy atom. The first-order valence-corrected chi connectivity index (χ1v) is 10.5. The fraction of sp³-hybridized carbons (Fsp3) is 0.571. The van der Waals surface area contributed by atoms with Crippen LogP contribution in [0.1, 0.15) is 39.2 Å². The van der Waals surface area contributed by atoms with Gasteiger partial charge in [-0.2, -0.15) is 0 Å². The van der Waals surface area contributed by atoms with Crippen LogP contribution in [0.3, 0.4) is 0 Å². The van der Waals surface area contributed by atoms with E-state index in [-0.39, 0.29) is 24.5 Å². The summed E-state index contributed by atoms with van der Waals surface area (Å²) in [7, 11) is 1.62. The Morgan fingerprint density at radius 2 is 1.77 bits per heavy atom. The molecule has 1 aromatic carbocycles. The maximum absolute atomic E-state index is 12.3. The molecule has 0 N–H and O–H groups in total. The van der Waals surface area contributed by atoms with Gasteiger partial charge in [0, 0.05) is 26.7 Å². The van der Waals surface area contributed by atoms with Gasteiger partial charge in [0.05, 0.1) is 16.0 Å². The highest BCUT2D eigenvalue weighted by Crippen LogP contribution is 2.23. The molecule has 1 aliphatic rings. The topological polar surface area (TPSA) is 76.2 Å². The summed E-state index contributed by atoms with van der Waals surface area (Å²) < 4.78 is 10.6. The lowest BCUT2D eigenvalue weighted by molar-refractivity contribution is -0.156. The van der Waals surface area contributed by atoms with Gasteiger partial charge < -0.3 is 19.3 Å². The molecule has 0 aliphatic carbocycles. The lowest BCUT2D eigenvalue weighted by atomic mass is 9.97. The molecule has 166 valence electrons. The van der Waals surface area contributed by atoms with E-state index in [1.54, 1.807) is 30.1 Å². The number of carbonyl (C=O) groups is 3. The molecule has 9 heteroatoms. The fourth-order valence-electron chi connectivity index (χ4n) is 2.99. The Morgan fingerprint density at radius 1 is 1.13 bits per heavy atom. The van der Waals surface area contributed by atoms with Gasteiger partial charge in [-0.05, 0) is 51.3 Å². The normalized spacial score (nSPS) is 14.9. The molecule has 0 bridgehead atoms. The monoisotopic (exact) mass is 458 g/mol. The van der Waals surface area contributed by atoms with Crippen molar-refractivity contribution in [3.63, 3.8) is 0 Å². The second-order valence-corrected chi connectivity index (χ2v) is 9.16. The molecular formula is C21H28Cl2N2O5. The molecule has 0 unspecified atom stereocenters. The Bertz CT molecular complexity index is 786. The van der Waals surface area contributed by atoms with Gasteiger partial charge >= 0.3 is 12.1 Å². The van der Waals surface area contributed by atoms with Crippen LogP contribution in [0.5, 0.6) is 0 Å². The van der Waals surface area contributed by atoms with Crippen LogP contribution in [0.4, 0.5) is 4.79 Å². The highest BCUT2D eigenvalue weighted by Gasteiger charge is 2.31. The quantitative estimate of drug-likeness (QED) is 0.619. The van der Waals surface area contributed by atoms with Gasteiger partial charge in [0.15, 0.2) is 6.61 Å². The lowest BCUT2D eigenvalue weighted by Gasteiger charge is -2.32. The van der Waals surface area contributed by atoms with Crippen LogP contribution >= 0.6 is 23.2 Å². The van der Waals surface area contributed by atoms with Crippen LogP contribution in [0, 0.1) is 5.92 Å². The molecular weight excluding hydrogens is 431 g/mol. The summed E-state index contributed by atoms with van der Waals surface area (Å²) in [6, 6.07) is 5.14. The number of rotatable bonds is 5. The summed E-state index contributed by atoms with van der Waals surface area (Å²) in [6.07, 6.45) is 0.574. The van der Waals surface area contributed by atoms with Crippen molar-refractivity contribution in [2.45, 2.75) is 45.8 Å². The molecule has 1 fully saturated rings. The van der Waals surface area contributed by atoms with Crippen molar-refractivity contribution in [1.29, 1.82) is 0 Å². The molecule has 0 radical (unpaired) electrons. The molecule has 7 nitrogen and oxygen atoms in total. The first kappa shape index (κ1) is 24.3. The van der Waals surface area contributed by atoms with Crippen LogP contribution in [-0.4, -0.2) is 60.1 Å². The SMILES string of the molecule is CN(Cc1ccc(Cl)c(Cl)c1)C(=O)COC(=O)C1CCN(C(=O)OC(C)(C)C)CC1. The van der Waals surface area contributed by atoms with Crippen molar-refractivity contribution in [2.24, 2.45) is 5.92 Å². The molecule has 0 spiro atoms. The third-order valence-corrected chi connectivity index (χ3v) is 5.39. The zero-order chi connectivity index (χ0) is 22.5. The Balaban J connectivity index is 1.75. The highest BCUT2D eigenvalue weighted by atomic mass is 35.5. The van der Waals surface area contributed by atoms with E-state index >= 15 is 0 Å². The maximum atomic E-state index is 12.3. The van der Waals surface area contributed by atoms with Crippen molar-refractivity contribution in [3.8, 4) is 0 Å². The predicted octanol–water partition coefficient (Wildman–Crippen LogP) is 4.14. The van der Waals surface area contributed by atoms with Crippen LogP contribution in [-0.2, 0) is 25.6 Å². The second kappa shape index (κ2) is 10.4. The summed E-state index contributed by atoms with van der Waals surface area (Å²) in [5.74, 6) is -1.08. The van der Waals surface area contributed by atoms with Crippen LogP contribution < -0.4 is 0 Å². The van der Waals surface area contributed by atoms with E-state index in [0.717, 1.165) is 5.56 Å². The Hall–Kier alpha value is -1.99. The number of amides is 2. The van der Waals surface area contributed by atoms with Gasteiger partial charge in [-0.3, -0.25) is 9.59 Å². The number of halogens is 2. The number of likely N-dealkylation sites (tertiary alicyclic amines) is 1. The van der Waals surface area contributed by atoms with Crippen molar-refractivity contribution >= 4 is 41.2 Å². The van der Waals surface area contributed by atoms with Crippen molar-refractivity contribution in [2.75, 3.05) is 26.7 Å². The number of hydrogen-bond acceptors (Lipinski definition) is 5. The average Bonchev–Trinajstić information content (AvgIpc) is 2.67. The molecule has 1 saturated heterocycles. The zero-order valence-corrected chi connectivity index (χ0v) is 19.3. The van der Waals surface area contributed by atoms with E-state index in [1.807, 2.05) is 20.8 Å². The predicted molar refractivity (Wildman–Crippen MR) is 114 cm³/mol. The molecule has 2 amide bonds. The molecule has 1 aliphatic heterocycles. The number of esters is 1. The van der Waals surface area contributed by atoms with Crippen molar-refractivity contribution < 1.29 is 23.9 Å². The number of benzene rings is 1. The molecule has 1 aromatic rings. The highest BCUT2D eigenvalue weighted by molar-refractivity contribution is 6.42. The number of carbonyl (C=O) groups excluding carboxylic acids is 3. The fourth-order valence-corrected chi connectivity index (χ4v) is 3.31. The van der Waals surface area contributed by atoms with Crippen LogP contribution in [0.15, 0.2) is 18.2 Å². The third kappa shape index (κ3) is 7.36. The van der Waals surface area contributed by atoms with Crippen molar-refractivity contribution in [1.82, 2.24) is 9.80 Å². The Kier molecular flexibility index (Phi) is 8.38. The number of piperidine rings is 1. The molecule has 30 heavy (non-hydrogen) atoms. The minimum absolute atomic E-state index is 0.319. The number of nitrogens with zero attached hydrogens (tertiary/aromatic N) is 2. The summed E-state index contributed by atoms with van der Waals surface area (Å²) in [5.41, 5.74) is 0.262. The van der Waals surface area contributed by atoms with Gasteiger partial charge in [-0.25, -0.2) is 4.79 Å². The van der Waals surface area contributed by atoms with E-state index in [1.165, 1.54) is 4.90 Å². The van der Waals surface area contributed by atoms with E-state index in [9.17, 15) is 14.4 Å². The van der Waals surface area contributed by atoms with Gasteiger partial charge in [0.25, 0.3) is 5.91 Å². The van der Waals surface area contributed by atoms with Gasteiger partial charge in [-0.15, -0.1) is 0 Å². The van der Waals surface area contributed by atoms with Gasteiger partial charge in [0.1, 0.15) is 5.60 Å². The first-order valence-electron chi connectivity index (χ1n) is 9.78. The molecule has 0 atom stereocenters. The smallest absolute Gasteiger partial charge is 0.410 e. The van der Waals surface area contributed by atoms with E-state index in [0.29, 0.717) is 42.5 Å². The minimum Gasteiger partial charge on any atom is -0.455 e. The number of hydrogen-bond donors (Lipinski definition) is 0. The first-order chi connectivity index (χ1) is 14.0. The van der Waals surface area contributed by atoms with Crippen molar-refractivity contribution in [3.05, 3.63) is 33.8 Å². The summed E-state index contributed by atoms with van der Waals surface area (Å²) >= 11 is 11.9. The van der Waals surface area contributed by atoms with E-state index < -0.39 is 11.6 Å². The molecule has 1 heterocycles. The zero-order valence-electron chi connectivity index (χ0n) is 17.7. The molecule has 0 aromatic heterocycles. The van der Waals surface area contributed by atoms with E-state index in [2.05, 4.69) is 0 Å². The van der Waals surface area contributed by atoms with Crippen LogP contribution in [0.2, 0.25) is 10.0 Å². The van der Waals surface area contributed by atoms with Crippen LogP contribution in [0.25, 0.3) is 0 Å². The third-order valence-electron chi connectivity index (χ3n) is 4.65. The summed E-state index contributed by atoms with van der Waals surface area (Å²) in [5, 5.41) is 0.861. The molecule has 0 saturated carbocycles. The second-order valence-electron chi connectivity index (χ2n) is 8.35. The number of likely N-dealkylation sites (N-methyl/N-ethyl adjacent to an activating group) is 1. The Labute approximate surface area is 187 Å². The van der Waals surface area contributed by atoms with Gasteiger partial charge in [-0.1, -0.05) is 29.3 Å². The van der Waals surface area contributed by atoms with Gasteiger partial charge in [0.2, 0.25) is 0 Å². The summed E-state index contributed by atoms with van der Waals surface area (Å²) in [6.45, 7) is 6.25. The average molecular weight is 459 g/mol.